The Hall–Kier alpha value is -2.53. The van der Waals surface area contributed by atoms with E-state index in [9.17, 15) is 18.0 Å². The largest absolute Gasteiger partial charge is 0.494 e. The molecule has 3 rings (SSSR count). The number of carbonyl (C=O) groups is 2. The summed E-state index contributed by atoms with van der Waals surface area (Å²) in [5.41, 5.74) is 0.445. The highest BCUT2D eigenvalue weighted by Gasteiger charge is 2.33. The lowest BCUT2D eigenvalue weighted by molar-refractivity contribution is -0.115. The fraction of sp³-hybridized carbons (Fsp3) is 0.545. The fourth-order valence-corrected chi connectivity index (χ4v) is 6.32. The van der Waals surface area contributed by atoms with E-state index in [1.165, 1.54) is 17.8 Å². The first-order valence-corrected chi connectivity index (χ1v) is 13.7. The van der Waals surface area contributed by atoms with E-state index in [0.29, 0.717) is 24.0 Å². The second kappa shape index (κ2) is 11.6. The zero-order chi connectivity index (χ0) is 23.8. The molecule has 1 aliphatic rings. The number of sulfone groups is 1. The summed E-state index contributed by atoms with van der Waals surface area (Å²) < 4.78 is 31.0. The molecule has 0 aliphatic heterocycles. The summed E-state index contributed by atoms with van der Waals surface area (Å²) in [5.74, 6) is -1.21. The highest BCUT2D eigenvalue weighted by Crippen LogP contribution is 2.35. The molecule has 33 heavy (non-hydrogen) atoms. The molecule has 0 spiro atoms. The first kappa shape index (κ1) is 25.1. The molecule has 1 heterocycles. The van der Waals surface area contributed by atoms with Crippen LogP contribution in [-0.4, -0.2) is 48.0 Å². The number of nitrogens with zero attached hydrogens (tertiary/aromatic N) is 2. The number of hydrogen-bond acceptors (Lipinski definition) is 8. The molecule has 2 N–H and O–H groups in total. The third kappa shape index (κ3) is 6.97. The highest BCUT2D eigenvalue weighted by atomic mass is 32.2. The highest BCUT2D eigenvalue weighted by molar-refractivity contribution is 7.93. The predicted octanol–water partition coefficient (Wildman–Crippen LogP) is 3.76. The second-order valence-electron chi connectivity index (χ2n) is 7.98. The predicted molar refractivity (Wildman–Crippen MR) is 128 cm³/mol. The van der Waals surface area contributed by atoms with Gasteiger partial charge in [0, 0.05) is 11.6 Å². The molecule has 180 valence electrons. The number of rotatable bonds is 10. The molecule has 1 saturated carbocycles. The van der Waals surface area contributed by atoms with Gasteiger partial charge in [-0.1, -0.05) is 37.5 Å². The number of benzene rings is 1. The average molecular weight is 495 g/mol. The number of carbonyl (C=O) groups excluding carboxylic acids is 2. The normalized spacial score (nSPS) is 15.6. The van der Waals surface area contributed by atoms with Crippen molar-refractivity contribution in [3.8, 4) is 5.75 Å². The van der Waals surface area contributed by atoms with Gasteiger partial charge < -0.3 is 10.1 Å². The third-order valence-corrected chi connectivity index (χ3v) is 8.58. The Bertz CT molecular complexity index is 1050. The van der Waals surface area contributed by atoms with E-state index >= 15 is 0 Å². The molecule has 1 aromatic carbocycles. The number of ether oxygens (including phenoxy) is 1. The molecule has 1 atom stereocenters. The molecule has 1 aromatic heterocycles. The number of aromatic nitrogens is 2. The summed E-state index contributed by atoms with van der Waals surface area (Å²) in [5, 5.41) is 13.1. The Labute approximate surface area is 198 Å². The molecule has 11 heteroatoms. The van der Waals surface area contributed by atoms with Gasteiger partial charge in [0.1, 0.15) is 21.8 Å². The van der Waals surface area contributed by atoms with Crippen LogP contribution in [0.4, 0.5) is 10.8 Å². The van der Waals surface area contributed by atoms with E-state index in [4.69, 9.17) is 4.74 Å². The fourth-order valence-electron chi connectivity index (χ4n) is 3.87. The lowest BCUT2D eigenvalue weighted by Gasteiger charge is -2.18. The summed E-state index contributed by atoms with van der Waals surface area (Å²) in [6, 6.07) is 6.61. The van der Waals surface area contributed by atoms with Crippen molar-refractivity contribution in [3.63, 3.8) is 0 Å². The molecule has 1 fully saturated rings. The van der Waals surface area contributed by atoms with E-state index in [-0.39, 0.29) is 11.6 Å². The van der Waals surface area contributed by atoms with Crippen LogP contribution in [0.2, 0.25) is 0 Å². The molecular weight excluding hydrogens is 464 g/mol. The van der Waals surface area contributed by atoms with E-state index < -0.39 is 32.7 Å². The topological polar surface area (TPSA) is 127 Å². The van der Waals surface area contributed by atoms with Gasteiger partial charge >= 0.3 is 0 Å². The molecule has 2 amide bonds. The van der Waals surface area contributed by atoms with E-state index in [0.717, 1.165) is 30.7 Å². The van der Waals surface area contributed by atoms with Crippen LogP contribution in [0.3, 0.4) is 0 Å². The quantitative estimate of drug-likeness (QED) is 0.515. The molecule has 9 nitrogen and oxygen atoms in total. The monoisotopic (exact) mass is 494 g/mol. The summed E-state index contributed by atoms with van der Waals surface area (Å²) in [6.45, 7) is 3.98. The first-order valence-electron chi connectivity index (χ1n) is 11.2. The lowest BCUT2D eigenvalue weighted by Crippen LogP contribution is -2.39. The average Bonchev–Trinajstić information content (AvgIpc) is 3.24. The van der Waals surface area contributed by atoms with Gasteiger partial charge in [-0.05, 0) is 50.5 Å². The molecule has 0 bridgehead atoms. The van der Waals surface area contributed by atoms with Gasteiger partial charge in [-0.25, -0.2) is 8.42 Å². The van der Waals surface area contributed by atoms with Crippen molar-refractivity contribution in [2.75, 3.05) is 23.0 Å². The molecular formula is C22H30N4O5S2. The Kier molecular flexibility index (Phi) is 8.79. The van der Waals surface area contributed by atoms with Gasteiger partial charge in [0.2, 0.25) is 16.9 Å². The van der Waals surface area contributed by atoms with Crippen LogP contribution in [0.1, 0.15) is 63.3 Å². The Balaban J connectivity index is 1.59. The van der Waals surface area contributed by atoms with Gasteiger partial charge in [0.15, 0.2) is 9.84 Å². The number of amides is 2. The molecule has 0 radical (unpaired) electrons. The van der Waals surface area contributed by atoms with Crippen molar-refractivity contribution in [1.29, 1.82) is 0 Å². The van der Waals surface area contributed by atoms with Crippen LogP contribution in [0, 0.1) is 0 Å². The van der Waals surface area contributed by atoms with Crippen LogP contribution in [0.5, 0.6) is 5.75 Å². The minimum Gasteiger partial charge on any atom is -0.494 e. The lowest BCUT2D eigenvalue weighted by atomic mass is 9.90. The minimum absolute atomic E-state index is 0.0405. The van der Waals surface area contributed by atoms with Crippen molar-refractivity contribution in [2.24, 2.45) is 0 Å². The molecule has 2 aromatic rings. The summed E-state index contributed by atoms with van der Waals surface area (Å²) in [6.07, 6.45) is 5.68. The number of nitrogens with one attached hydrogen (secondary N) is 2. The SMILES string of the molecule is CCOc1ccc(NC(=O)CS(=O)(=O)C(CC)C(=O)Nc2nnc(C3CCCCC3)s2)cc1. The smallest absolute Gasteiger partial charge is 0.244 e. The zero-order valence-electron chi connectivity index (χ0n) is 18.9. The zero-order valence-corrected chi connectivity index (χ0v) is 20.5. The second-order valence-corrected chi connectivity index (χ2v) is 11.2. The summed E-state index contributed by atoms with van der Waals surface area (Å²) >= 11 is 1.29. The van der Waals surface area contributed by atoms with Crippen molar-refractivity contribution in [1.82, 2.24) is 10.2 Å². The maximum absolute atomic E-state index is 12.8. The van der Waals surface area contributed by atoms with Gasteiger partial charge in [-0.2, -0.15) is 0 Å². The van der Waals surface area contributed by atoms with E-state index in [1.54, 1.807) is 31.2 Å². The number of anilines is 2. The van der Waals surface area contributed by atoms with Crippen molar-refractivity contribution < 1.29 is 22.7 Å². The molecule has 0 saturated heterocycles. The minimum atomic E-state index is -4.03. The van der Waals surface area contributed by atoms with Crippen LogP contribution in [0.15, 0.2) is 24.3 Å². The standard InChI is InChI=1S/C22H30N4O5S2/c1-3-18(20(28)24-22-26-25-21(32-22)15-8-6-5-7-9-15)33(29,30)14-19(27)23-16-10-12-17(13-11-16)31-4-2/h10-13,15,18H,3-9,14H2,1-2H3,(H,23,27)(H,24,26,28). The third-order valence-electron chi connectivity index (χ3n) is 5.50. The van der Waals surface area contributed by atoms with Crippen molar-refractivity contribution in [3.05, 3.63) is 29.3 Å². The van der Waals surface area contributed by atoms with Crippen LogP contribution >= 0.6 is 11.3 Å². The van der Waals surface area contributed by atoms with Crippen molar-refractivity contribution >= 4 is 43.8 Å². The summed E-state index contributed by atoms with van der Waals surface area (Å²) in [4.78, 5) is 25.1. The maximum Gasteiger partial charge on any atom is 0.244 e. The summed E-state index contributed by atoms with van der Waals surface area (Å²) in [7, 11) is -4.03. The van der Waals surface area contributed by atoms with Gasteiger partial charge in [-0.3, -0.25) is 14.9 Å². The Morgan fingerprint density at radius 2 is 1.79 bits per heavy atom. The van der Waals surface area contributed by atoms with E-state index in [1.807, 2.05) is 6.92 Å². The van der Waals surface area contributed by atoms with Gasteiger partial charge in [0.05, 0.1) is 6.61 Å². The van der Waals surface area contributed by atoms with E-state index in [2.05, 4.69) is 20.8 Å². The van der Waals surface area contributed by atoms with Crippen LogP contribution < -0.4 is 15.4 Å². The van der Waals surface area contributed by atoms with Crippen LogP contribution in [0.25, 0.3) is 0 Å². The van der Waals surface area contributed by atoms with Crippen molar-refractivity contribution in [2.45, 2.75) is 63.5 Å². The Morgan fingerprint density at radius 1 is 1.09 bits per heavy atom. The van der Waals surface area contributed by atoms with Gasteiger partial charge in [0.25, 0.3) is 0 Å². The number of hydrogen-bond donors (Lipinski definition) is 2. The van der Waals surface area contributed by atoms with Crippen LogP contribution in [-0.2, 0) is 19.4 Å². The Morgan fingerprint density at radius 3 is 2.42 bits per heavy atom. The van der Waals surface area contributed by atoms with Gasteiger partial charge in [-0.15, -0.1) is 10.2 Å². The first-order chi connectivity index (χ1) is 15.8. The molecule has 1 unspecified atom stereocenters. The molecule has 1 aliphatic carbocycles. The maximum atomic E-state index is 12.8.